The van der Waals surface area contributed by atoms with Gasteiger partial charge < -0.3 is 10.5 Å². The van der Waals surface area contributed by atoms with Gasteiger partial charge in [-0.2, -0.15) is 5.10 Å². The lowest BCUT2D eigenvalue weighted by Crippen LogP contribution is -1.98. The summed E-state index contributed by atoms with van der Waals surface area (Å²) < 4.78 is 19.1. The van der Waals surface area contributed by atoms with Crippen molar-refractivity contribution in [2.75, 3.05) is 17.8 Å². The van der Waals surface area contributed by atoms with Gasteiger partial charge in [-0.25, -0.2) is 9.37 Å². The van der Waals surface area contributed by atoms with Gasteiger partial charge in [-0.1, -0.05) is 11.6 Å². The fourth-order valence-electron chi connectivity index (χ4n) is 1.41. The highest BCUT2D eigenvalue weighted by molar-refractivity contribution is 7.14. The third-order valence-corrected chi connectivity index (χ3v) is 3.38. The summed E-state index contributed by atoms with van der Waals surface area (Å²) in [5.74, 6) is 0.134. The number of halogens is 2. The van der Waals surface area contributed by atoms with E-state index in [0.29, 0.717) is 23.3 Å². The number of nitrogens with one attached hydrogen (secondary N) is 1. The van der Waals surface area contributed by atoms with Gasteiger partial charge in [-0.3, -0.25) is 5.43 Å². The molecule has 0 fully saturated rings. The van der Waals surface area contributed by atoms with Crippen LogP contribution in [-0.2, 0) is 0 Å². The largest absolute Gasteiger partial charge is 0.492 e. The number of nitrogens with two attached hydrogens (primary N) is 1. The highest BCUT2D eigenvalue weighted by Gasteiger charge is 2.11. The van der Waals surface area contributed by atoms with Gasteiger partial charge in [0.05, 0.1) is 12.8 Å². The third kappa shape index (κ3) is 3.37. The third-order valence-electron chi connectivity index (χ3n) is 2.26. The maximum atomic E-state index is 14.0. The van der Waals surface area contributed by atoms with Crippen molar-refractivity contribution >= 4 is 40.1 Å². The fraction of sp³-hybridized carbons (Fsp3) is 0.167. The molecular formula is C12H12ClFN4OS. The number of nitrogen functional groups attached to an aromatic ring is 1. The number of thiazole rings is 1. The smallest absolute Gasteiger partial charge is 0.205 e. The molecule has 8 heteroatoms. The van der Waals surface area contributed by atoms with Gasteiger partial charge in [0.25, 0.3) is 0 Å². The molecule has 0 radical (unpaired) electrons. The van der Waals surface area contributed by atoms with Crippen molar-refractivity contribution in [1.29, 1.82) is 0 Å². The number of anilines is 2. The molecule has 0 saturated heterocycles. The van der Waals surface area contributed by atoms with E-state index in [2.05, 4.69) is 15.5 Å². The number of hydrazone groups is 1. The molecular weight excluding hydrogens is 303 g/mol. The molecule has 5 nitrogen and oxygen atoms in total. The molecule has 0 unspecified atom stereocenters. The summed E-state index contributed by atoms with van der Waals surface area (Å²) >= 11 is 7.17. The number of nitrogens with zero attached hydrogens (tertiary/aromatic N) is 2. The Bertz CT molecular complexity index is 632. The standard InChI is InChI=1S/C12H12ClFN4OS/c1-2-19-8-4-3-7(11(14)10(8)13)5-16-18-12-17-9(15)6-20-12/h3-6H,2,15H2,1H3,(H,17,18). The monoisotopic (exact) mass is 314 g/mol. The normalized spacial score (nSPS) is 10.9. The maximum absolute atomic E-state index is 14.0. The van der Waals surface area contributed by atoms with Gasteiger partial charge in [-0.15, -0.1) is 11.3 Å². The average Bonchev–Trinajstić information content (AvgIpc) is 2.84. The number of aromatic nitrogens is 1. The quantitative estimate of drug-likeness (QED) is 0.655. The summed E-state index contributed by atoms with van der Waals surface area (Å²) in [6, 6.07) is 3.13. The molecule has 0 aliphatic heterocycles. The molecule has 20 heavy (non-hydrogen) atoms. The van der Waals surface area contributed by atoms with Crippen molar-refractivity contribution in [3.8, 4) is 5.75 Å². The lowest BCUT2D eigenvalue weighted by atomic mass is 10.2. The van der Waals surface area contributed by atoms with Crippen LogP contribution in [0, 0.1) is 5.82 Å². The summed E-state index contributed by atoms with van der Waals surface area (Å²) in [4.78, 5) is 3.95. The zero-order valence-electron chi connectivity index (χ0n) is 10.6. The van der Waals surface area contributed by atoms with E-state index in [9.17, 15) is 4.39 Å². The van der Waals surface area contributed by atoms with Gasteiger partial charge >= 0.3 is 0 Å². The maximum Gasteiger partial charge on any atom is 0.205 e. The van der Waals surface area contributed by atoms with Gasteiger partial charge in [0, 0.05) is 10.9 Å². The average molecular weight is 315 g/mol. The Kier molecular flexibility index (Phi) is 4.75. The molecule has 1 heterocycles. The molecule has 0 spiro atoms. The van der Waals surface area contributed by atoms with Crippen LogP contribution in [0.4, 0.5) is 15.3 Å². The van der Waals surface area contributed by atoms with Crippen LogP contribution in [0.25, 0.3) is 0 Å². The second-order valence-electron chi connectivity index (χ2n) is 3.66. The van der Waals surface area contributed by atoms with Crippen LogP contribution in [-0.4, -0.2) is 17.8 Å². The summed E-state index contributed by atoms with van der Waals surface area (Å²) in [5.41, 5.74) is 8.37. The molecule has 0 atom stereocenters. The predicted octanol–water partition coefficient (Wildman–Crippen LogP) is 3.36. The van der Waals surface area contributed by atoms with Gasteiger partial charge in [-0.05, 0) is 19.1 Å². The van der Waals surface area contributed by atoms with Crippen LogP contribution in [0.3, 0.4) is 0 Å². The molecule has 0 aliphatic rings. The van der Waals surface area contributed by atoms with Crippen molar-refractivity contribution in [3.63, 3.8) is 0 Å². The molecule has 0 aliphatic carbocycles. The molecule has 0 saturated carbocycles. The Balaban J connectivity index is 2.11. The van der Waals surface area contributed by atoms with Crippen molar-refractivity contribution in [1.82, 2.24) is 4.98 Å². The first kappa shape index (κ1) is 14.5. The first-order valence-corrected chi connectivity index (χ1v) is 6.98. The summed E-state index contributed by atoms with van der Waals surface area (Å²) in [5, 5.41) is 6.02. The van der Waals surface area contributed by atoms with E-state index >= 15 is 0 Å². The van der Waals surface area contributed by atoms with Crippen LogP contribution in [0.15, 0.2) is 22.6 Å². The van der Waals surface area contributed by atoms with Crippen LogP contribution in [0.2, 0.25) is 5.02 Å². The SMILES string of the molecule is CCOc1ccc(C=NNc2nc(N)cs2)c(F)c1Cl. The van der Waals surface area contributed by atoms with Crippen LogP contribution < -0.4 is 15.9 Å². The van der Waals surface area contributed by atoms with E-state index < -0.39 is 5.82 Å². The number of ether oxygens (including phenoxy) is 1. The first-order chi connectivity index (χ1) is 9.61. The molecule has 106 valence electrons. The second kappa shape index (κ2) is 6.53. The van der Waals surface area contributed by atoms with E-state index in [1.54, 1.807) is 18.4 Å². The summed E-state index contributed by atoms with van der Waals surface area (Å²) in [6.45, 7) is 2.22. The van der Waals surface area contributed by atoms with Crippen LogP contribution >= 0.6 is 22.9 Å². The van der Waals surface area contributed by atoms with Crippen LogP contribution in [0.1, 0.15) is 12.5 Å². The molecule has 3 N–H and O–H groups in total. The molecule has 1 aromatic heterocycles. The Morgan fingerprint density at radius 3 is 3.05 bits per heavy atom. The number of rotatable bonds is 5. The van der Waals surface area contributed by atoms with Crippen molar-refractivity contribution in [2.45, 2.75) is 6.92 Å². The fourth-order valence-corrected chi connectivity index (χ4v) is 2.18. The predicted molar refractivity (Wildman–Crippen MR) is 80.3 cm³/mol. The van der Waals surface area contributed by atoms with E-state index in [4.69, 9.17) is 22.1 Å². The first-order valence-electron chi connectivity index (χ1n) is 5.72. The molecule has 2 aromatic rings. The summed E-state index contributed by atoms with van der Waals surface area (Å²) in [7, 11) is 0. The van der Waals surface area contributed by atoms with Crippen LogP contribution in [0.5, 0.6) is 5.75 Å². The lowest BCUT2D eigenvalue weighted by Gasteiger charge is -2.07. The number of benzene rings is 1. The van der Waals surface area contributed by atoms with Gasteiger partial charge in [0.1, 0.15) is 16.6 Å². The van der Waals surface area contributed by atoms with Gasteiger partial charge in [0.15, 0.2) is 5.82 Å². The Labute approximate surface area is 124 Å². The molecule has 0 bridgehead atoms. The van der Waals surface area contributed by atoms with Crippen molar-refractivity contribution in [3.05, 3.63) is 33.9 Å². The van der Waals surface area contributed by atoms with E-state index in [-0.39, 0.29) is 10.6 Å². The topological polar surface area (TPSA) is 72.5 Å². The van der Waals surface area contributed by atoms with Crippen molar-refractivity contribution < 1.29 is 9.13 Å². The van der Waals surface area contributed by atoms with Gasteiger partial charge in [0.2, 0.25) is 5.13 Å². The highest BCUT2D eigenvalue weighted by atomic mass is 35.5. The minimum absolute atomic E-state index is 0.0608. The minimum atomic E-state index is -0.582. The lowest BCUT2D eigenvalue weighted by molar-refractivity contribution is 0.338. The molecule has 0 amide bonds. The highest BCUT2D eigenvalue weighted by Crippen LogP contribution is 2.29. The van der Waals surface area contributed by atoms with E-state index in [1.807, 2.05) is 0 Å². The Hall–Kier alpha value is -1.86. The molecule has 2 rings (SSSR count). The zero-order chi connectivity index (χ0) is 14.5. The van der Waals surface area contributed by atoms with E-state index in [1.165, 1.54) is 23.6 Å². The Morgan fingerprint density at radius 2 is 2.40 bits per heavy atom. The second-order valence-corrected chi connectivity index (χ2v) is 4.90. The van der Waals surface area contributed by atoms with Crippen molar-refractivity contribution in [2.24, 2.45) is 5.10 Å². The van der Waals surface area contributed by atoms with E-state index in [0.717, 1.165) is 0 Å². The zero-order valence-corrected chi connectivity index (χ0v) is 12.1. The molecule has 1 aromatic carbocycles. The number of hydrogen-bond acceptors (Lipinski definition) is 6. The minimum Gasteiger partial charge on any atom is -0.492 e. The Morgan fingerprint density at radius 1 is 1.60 bits per heavy atom. The number of hydrogen-bond donors (Lipinski definition) is 2. The summed E-state index contributed by atoms with van der Waals surface area (Å²) in [6.07, 6.45) is 1.31.